The van der Waals surface area contributed by atoms with E-state index < -0.39 is 29.1 Å². The lowest BCUT2D eigenvalue weighted by molar-refractivity contribution is 0.0691. The molecule has 1 heterocycles. The third kappa shape index (κ3) is 1.99. The first-order chi connectivity index (χ1) is 7.99. The molecule has 0 amide bonds. The van der Waals surface area contributed by atoms with E-state index in [-0.39, 0.29) is 5.69 Å². The monoisotopic (exact) mass is 242 g/mol. The van der Waals surface area contributed by atoms with Gasteiger partial charge in [-0.05, 0) is 0 Å². The van der Waals surface area contributed by atoms with E-state index in [0.717, 1.165) is 17.1 Å². The van der Waals surface area contributed by atoms with Crippen LogP contribution >= 0.6 is 0 Å². The number of hydrogen-bond donors (Lipinski definition) is 1. The average molecular weight is 242 g/mol. The highest BCUT2D eigenvalue weighted by molar-refractivity contribution is 5.85. The number of carboxylic acid groups (broad SMARTS) is 1. The summed E-state index contributed by atoms with van der Waals surface area (Å²) in [6, 6.07) is 0.998. The maximum Gasteiger partial charge on any atom is 0.356 e. The van der Waals surface area contributed by atoms with Crippen molar-refractivity contribution in [2.45, 2.75) is 0 Å². The van der Waals surface area contributed by atoms with E-state index in [1.165, 1.54) is 0 Å². The molecule has 0 saturated heterocycles. The number of nitrogens with zero attached hydrogens (tertiary/aromatic N) is 2. The van der Waals surface area contributed by atoms with Gasteiger partial charge in [0, 0.05) is 18.3 Å². The number of carbonyl (C=O) groups is 1. The predicted octanol–water partition coefficient (Wildman–Crippen LogP) is 1.99. The van der Waals surface area contributed by atoms with Gasteiger partial charge in [-0.25, -0.2) is 22.9 Å². The van der Waals surface area contributed by atoms with Gasteiger partial charge in [0.25, 0.3) is 0 Å². The molecule has 2 aromatic rings. The molecule has 0 aliphatic carbocycles. The standard InChI is InChI=1S/C10H5F3N2O2/c11-5-1-6(12)9(7(13)2-5)15-3-8(10(16)17)14-4-15/h1-4H,(H,16,17). The molecule has 0 aliphatic rings. The first-order valence-electron chi connectivity index (χ1n) is 4.41. The summed E-state index contributed by atoms with van der Waals surface area (Å²) in [5.41, 5.74) is -0.945. The molecular weight excluding hydrogens is 237 g/mol. The lowest BCUT2D eigenvalue weighted by atomic mass is 10.2. The Morgan fingerprint density at radius 3 is 2.29 bits per heavy atom. The summed E-state index contributed by atoms with van der Waals surface area (Å²) >= 11 is 0. The second-order valence-electron chi connectivity index (χ2n) is 3.19. The van der Waals surface area contributed by atoms with Crippen molar-refractivity contribution in [2.75, 3.05) is 0 Å². The number of imidazole rings is 1. The van der Waals surface area contributed by atoms with Crippen LogP contribution in [0.25, 0.3) is 5.69 Å². The molecule has 0 spiro atoms. The molecule has 17 heavy (non-hydrogen) atoms. The van der Waals surface area contributed by atoms with Crippen molar-refractivity contribution >= 4 is 5.97 Å². The third-order valence-electron chi connectivity index (χ3n) is 2.04. The number of aromatic carboxylic acids is 1. The predicted molar refractivity (Wildman–Crippen MR) is 50.4 cm³/mol. The van der Waals surface area contributed by atoms with E-state index in [0.29, 0.717) is 12.1 Å². The Balaban J connectivity index is 2.56. The van der Waals surface area contributed by atoms with E-state index in [9.17, 15) is 18.0 Å². The molecule has 0 unspecified atom stereocenters. The molecule has 1 aromatic carbocycles. The minimum Gasteiger partial charge on any atom is -0.476 e. The maximum atomic E-state index is 13.3. The van der Waals surface area contributed by atoms with Crippen molar-refractivity contribution in [3.63, 3.8) is 0 Å². The van der Waals surface area contributed by atoms with Gasteiger partial charge in [0.1, 0.15) is 17.8 Å². The summed E-state index contributed by atoms with van der Waals surface area (Å²) in [6.45, 7) is 0. The van der Waals surface area contributed by atoms with Crippen molar-refractivity contribution < 1.29 is 23.1 Å². The maximum absolute atomic E-state index is 13.3. The van der Waals surface area contributed by atoms with Gasteiger partial charge < -0.3 is 9.67 Å². The molecule has 0 saturated carbocycles. The van der Waals surface area contributed by atoms with Crippen molar-refractivity contribution in [1.29, 1.82) is 0 Å². The van der Waals surface area contributed by atoms with Crippen LogP contribution in [-0.2, 0) is 0 Å². The largest absolute Gasteiger partial charge is 0.476 e. The zero-order valence-corrected chi connectivity index (χ0v) is 8.19. The topological polar surface area (TPSA) is 55.1 Å². The summed E-state index contributed by atoms with van der Waals surface area (Å²) in [7, 11) is 0. The van der Waals surface area contributed by atoms with Crippen LogP contribution in [-0.4, -0.2) is 20.6 Å². The molecule has 0 bridgehead atoms. The Morgan fingerprint density at radius 2 is 1.82 bits per heavy atom. The van der Waals surface area contributed by atoms with Gasteiger partial charge in [-0.3, -0.25) is 0 Å². The fraction of sp³-hybridized carbons (Fsp3) is 0. The molecule has 88 valence electrons. The summed E-state index contributed by atoms with van der Waals surface area (Å²) in [4.78, 5) is 14.0. The second-order valence-corrected chi connectivity index (χ2v) is 3.19. The molecule has 4 nitrogen and oxygen atoms in total. The van der Waals surface area contributed by atoms with Crippen LogP contribution in [0, 0.1) is 17.5 Å². The molecule has 7 heteroatoms. The highest BCUT2D eigenvalue weighted by Crippen LogP contribution is 2.19. The lowest BCUT2D eigenvalue weighted by Crippen LogP contribution is -2.01. The molecule has 0 radical (unpaired) electrons. The van der Waals surface area contributed by atoms with E-state index >= 15 is 0 Å². The van der Waals surface area contributed by atoms with E-state index in [1.807, 2.05) is 0 Å². The Labute approximate surface area is 92.9 Å². The Morgan fingerprint density at radius 1 is 1.24 bits per heavy atom. The minimum atomic E-state index is -1.33. The molecule has 0 fully saturated rings. The quantitative estimate of drug-likeness (QED) is 0.876. The number of carboxylic acids is 1. The number of aromatic nitrogens is 2. The highest BCUT2D eigenvalue weighted by atomic mass is 19.1. The summed E-state index contributed by atoms with van der Waals surface area (Å²) in [6.07, 6.45) is 1.87. The van der Waals surface area contributed by atoms with Gasteiger partial charge in [-0.15, -0.1) is 0 Å². The fourth-order valence-corrected chi connectivity index (χ4v) is 1.34. The summed E-state index contributed by atoms with van der Waals surface area (Å²) in [5, 5.41) is 8.60. The molecule has 1 aromatic heterocycles. The molecule has 1 N–H and O–H groups in total. The zero-order valence-electron chi connectivity index (χ0n) is 8.19. The van der Waals surface area contributed by atoms with Gasteiger partial charge in [0.2, 0.25) is 0 Å². The van der Waals surface area contributed by atoms with Crippen LogP contribution in [0.5, 0.6) is 0 Å². The number of halogens is 3. The second kappa shape index (κ2) is 3.93. The molecular formula is C10H5F3N2O2. The van der Waals surface area contributed by atoms with Gasteiger partial charge in [-0.1, -0.05) is 0 Å². The van der Waals surface area contributed by atoms with Crippen LogP contribution in [0.15, 0.2) is 24.7 Å². The smallest absolute Gasteiger partial charge is 0.356 e. The van der Waals surface area contributed by atoms with Crippen LogP contribution < -0.4 is 0 Å². The van der Waals surface area contributed by atoms with Gasteiger partial charge in [-0.2, -0.15) is 0 Å². The van der Waals surface area contributed by atoms with E-state index in [2.05, 4.69) is 4.98 Å². The SMILES string of the molecule is O=C(O)c1cn(-c2c(F)cc(F)cc2F)cn1. The van der Waals surface area contributed by atoms with Crippen molar-refractivity contribution in [1.82, 2.24) is 9.55 Å². The Kier molecular flexibility index (Phi) is 2.58. The molecule has 0 aliphatic heterocycles. The minimum absolute atomic E-state index is 0.367. The lowest BCUT2D eigenvalue weighted by Gasteiger charge is -2.05. The summed E-state index contributed by atoms with van der Waals surface area (Å²) in [5.74, 6) is -4.66. The van der Waals surface area contributed by atoms with Crippen LogP contribution in [0.2, 0.25) is 0 Å². The zero-order chi connectivity index (χ0) is 12.6. The molecule has 2 rings (SSSR count). The van der Waals surface area contributed by atoms with Crippen LogP contribution in [0.1, 0.15) is 10.5 Å². The summed E-state index contributed by atoms with van der Waals surface area (Å²) < 4.78 is 40.2. The normalized spacial score (nSPS) is 10.5. The van der Waals surface area contributed by atoms with Gasteiger partial charge >= 0.3 is 5.97 Å². The van der Waals surface area contributed by atoms with E-state index in [1.54, 1.807) is 0 Å². The van der Waals surface area contributed by atoms with Gasteiger partial charge in [0.15, 0.2) is 17.3 Å². The van der Waals surface area contributed by atoms with E-state index in [4.69, 9.17) is 5.11 Å². The first kappa shape index (κ1) is 11.2. The van der Waals surface area contributed by atoms with Crippen molar-refractivity contribution in [2.24, 2.45) is 0 Å². The number of hydrogen-bond acceptors (Lipinski definition) is 2. The van der Waals surface area contributed by atoms with Gasteiger partial charge in [0.05, 0.1) is 0 Å². The first-order valence-corrected chi connectivity index (χ1v) is 4.41. The number of benzene rings is 1. The third-order valence-corrected chi connectivity index (χ3v) is 2.04. The van der Waals surface area contributed by atoms with Crippen molar-refractivity contribution in [3.8, 4) is 5.69 Å². The average Bonchev–Trinajstić information content (AvgIpc) is 2.65. The highest BCUT2D eigenvalue weighted by Gasteiger charge is 2.15. The Hall–Kier alpha value is -2.31. The van der Waals surface area contributed by atoms with Crippen LogP contribution in [0.4, 0.5) is 13.2 Å². The Bertz CT molecular complexity index is 572. The van der Waals surface area contributed by atoms with Crippen LogP contribution in [0.3, 0.4) is 0 Å². The van der Waals surface area contributed by atoms with Crippen molar-refractivity contribution in [3.05, 3.63) is 47.8 Å². The fourth-order valence-electron chi connectivity index (χ4n) is 1.34. The molecule has 0 atom stereocenters. The number of rotatable bonds is 2.